The van der Waals surface area contributed by atoms with Crippen LogP contribution in [0.25, 0.3) is 0 Å². The summed E-state index contributed by atoms with van der Waals surface area (Å²) in [6.07, 6.45) is 5.43. The molecule has 2 fully saturated rings. The predicted molar refractivity (Wildman–Crippen MR) is 113 cm³/mol. The Morgan fingerprint density at radius 1 is 1.07 bits per heavy atom. The van der Waals surface area contributed by atoms with Crippen molar-refractivity contribution in [2.75, 3.05) is 37.6 Å². The first-order valence-corrected chi connectivity index (χ1v) is 10.9. The van der Waals surface area contributed by atoms with Gasteiger partial charge in [-0.1, -0.05) is 11.6 Å². The first-order valence-electron chi connectivity index (χ1n) is 10.5. The number of H-pyrrole nitrogens is 1. The first-order chi connectivity index (χ1) is 13.7. The fraction of sp³-hybridized carbons (Fsp3) is 0.545. The minimum atomic E-state index is 0.128. The van der Waals surface area contributed by atoms with Crippen molar-refractivity contribution in [3.05, 3.63) is 56.7 Å². The molecule has 5 nitrogen and oxygen atoms in total. The minimum absolute atomic E-state index is 0.128. The normalized spacial score (nSPS) is 24.0. The van der Waals surface area contributed by atoms with Crippen LogP contribution in [0.15, 0.2) is 29.1 Å². The second-order valence-electron chi connectivity index (χ2n) is 8.43. The highest BCUT2D eigenvalue weighted by atomic mass is 35.5. The van der Waals surface area contributed by atoms with Gasteiger partial charge in [0.15, 0.2) is 0 Å². The number of benzene rings is 1. The van der Waals surface area contributed by atoms with Gasteiger partial charge in [-0.05, 0) is 62.4 Å². The zero-order valence-corrected chi connectivity index (χ0v) is 16.9. The van der Waals surface area contributed by atoms with E-state index in [1.807, 2.05) is 12.1 Å². The van der Waals surface area contributed by atoms with E-state index in [9.17, 15) is 4.79 Å². The van der Waals surface area contributed by atoms with Crippen LogP contribution in [0.5, 0.6) is 0 Å². The van der Waals surface area contributed by atoms with E-state index in [-0.39, 0.29) is 5.56 Å². The molecule has 2 heterocycles. The molecule has 0 amide bonds. The summed E-state index contributed by atoms with van der Waals surface area (Å²) in [7, 11) is 0. The second-order valence-corrected chi connectivity index (χ2v) is 8.86. The average Bonchev–Trinajstić information content (AvgIpc) is 3.32. The predicted octanol–water partition coefficient (Wildman–Crippen LogP) is 3.54. The number of piperazine rings is 1. The van der Waals surface area contributed by atoms with Gasteiger partial charge in [0, 0.05) is 54.8 Å². The van der Waals surface area contributed by atoms with Crippen LogP contribution in [-0.4, -0.2) is 47.6 Å². The van der Waals surface area contributed by atoms with Crippen molar-refractivity contribution in [2.24, 2.45) is 0 Å². The standard InChI is InChI=1S/C22H27ClN4O/c23-17-5-7-18(8-6-17)27-12-10-26(11-13-27)9-1-2-19-24-21-16-4-3-15(14-16)20(21)22(28)25-19/h5-8,15-16H,1-4,9-14H2,(H,24,25,28). The number of aromatic nitrogens is 2. The van der Waals surface area contributed by atoms with Gasteiger partial charge >= 0.3 is 0 Å². The van der Waals surface area contributed by atoms with Crippen LogP contribution in [0.4, 0.5) is 5.69 Å². The maximum absolute atomic E-state index is 12.5. The number of hydrogen-bond donors (Lipinski definition) is 1. The van der Waals surface area contributed by atoms with Crippen molar-refractivity contribution >= 4 is 17.3 Å². The van der Waals surface area contributed by atoms with Gasteiger partial charge in [-0.25, -0.2) is 4.98 Å². The SMILES string of the molecule is O=c1[nH]c(CCCN2CCN(c3ccc(Cl)cc3)CC2)nc2c1C1CCC2C1. The third-order valence-electron chi connectivity index (χ3n) is 6.71. The Morgan fingerprint density at radius 3 is 2.61 bits per heavy atom. The van der Waals surface area contributed by atoms with Crippen LogP contribution >= 0.6 is 11.6 Å². The molecule has 2 atom stereocenters. The summed E-state index contributed by atoms with van der Waals surface area (Å²) in [5.74, 6) is 1.90. The topological polar surface area (TPSA) is 52.2 Å². The van der Waals surface area contributed by atoms with Gasteiger partial charge in [-0.2, -0.15) is 0 Å². The fourth-order valence-corrected chi connectivity index (χ4v) is 5.34. The van der Waals surface area contributed by atoms with E-state index in [2.05, 4.69) is 26.9 Å². The molecule has 3 aliphatic rings. The van der Waals surface area contributed by atoms with Crippen LogP contribution in [0.2, 0.25) is 5.02 Å². The zero-order valence-electron chi connectivity index (χ0n) is 16.2. The van der Waals surface area contributed by atoms with Gasteiger partial charge in [-0.3, -0.25) is 9.69 Å². The zero-order chi connectivity index (χ0) is 19.1. The largest absolute Gasteiger partial charge is 0.369 e. The number of fused-ring (bicyclic) bond motifs is 5. The lowest BCUT2D eigenvalue weighted by atomic mass is 9.97. The number of rotatable bonds is 5. The average molecular weight is 399 g/mol. The van der Waals surface area contributed by atoms with Crippen molar-refractivity contribution in [1.29, 1.82) is 0 Å². The van der Waals surface area contributed by atoms with E-state index >= 15 is 0 Å². The smallest absolute Gasteiger partial charge is 0.254 e. The lowest BCUT2D eigenvalue weighted by Crippen LogP contribution is -2.46. The van der Waals surface area contributed by atoms with Gasteiger partial charge in [0.25, 0.3) is 5.56 Å². The van der Waals surface area contributed by atoms with Crippen molar-refractivity contribution < 1.29 is 0 Å². The molecule has 2 aromatic rings. The molecule has 1 aromatic carbocycles. The molecule has 2 unspecified atom stereocenters. The van der Waals surface area contributed by atoms with Crippen molar-refractivity contribution in [3.63, 3.8) is 0 Å². The van der Waals surface area contributed by atoms with Gasteiger partial charge in [0.2, 0.25) is 0 Å². The third-order valence-corrected chi connectivity index (χ3v) is 6.97. The Balaban J connectivity index is 1.13. The molecule has 1 aliphatic heterocycles. The van der Waals surface area contributed by atoms with Gasteiger partial charge in [-0.15, -0.1) is 0 Å². The van der Waals surface area contributed by atoms with E-state index < -0.39 is 0 Å². The highest BCUT2D eigenvalue weighted by Gasteiger charge is 2.40. The van der Waals surface area contributed by atoms with Crippen LogP contribution < -0.4 is 10.5 Å². The molecule has 5 rings (SSSR count). The molecule has 6 heteroatoms. The molecular weight excluding hydrogens is 372 g/mol. The molecular formula is C22H27ClN4O. The molecule has 148 valence electrons. The lowest BCUT2D eigenvalue weighted by molar-refractivity contribution is 0.254. The molecule has 2 aliphatic carbocycles. The number of anilines is 1. The Kier molecular flexibility index (Phi) is 4.89. The van der Waals surface area contributed by atoms with Crippen LogP contribution in [-0.2, 0) is 6.42 Å². The van der Waals surface area contributed by atoms with Crippen molar-refractivity contribution in [3.8, 4) is 0 Å². The third kappa shape index (κ3) is 3.46. The van der Waals surface area contributed by atoms with Crippen molar-refractivity contribution in [1.82, 2.24) is 14.9 Å². The molecule has 1 N–H and O–H groups in total. The molecule has 1 saturated heterocycles. The Bertz CT molecular complexity index is 902. The highest BCUT2D eigenvalue weighted by molar-refractivity contribution is 6.30. The monoisotopic (exact) mass is 398 g/mol. The quantitative estimate of drug-likeness (QED) is 0.836. The van der Waals surface area contributed by atoms with Crippen LogP contribution in [0, 0.1) is 0 Å². The maximum atomic E-state index is 12.5. The number of aromatic amines is 1. The molecule has 1 saturated carbocycles. The Hall–Kier alpha value is -1.85. The van der Waals surface area contributed by atoms with Crippen LogP contribution in [0.3, 0.4) is 0 Å². The van der Waals surface area contributed by atoms with E-state index in [0.717, 1.165) is 74.1 Å². The summed E-state index contributed by atoms with van der Waals surface area (Å²) in [6.45, 7) is 5.28. The summed E-state index contributed by atoms with van der Waals surface area (Å²) in [5.41, 5.74) is 3.49. The number of hydrogen-bond acceptors (Lipinski definition) is 4. The molecule has 1 aromatic heterocycles. The van der Waals surface area contributed by atoms with Gasteiger partial charge in [0.05, 0.1) is 5.69 Å². The van der Waals surface area contributed by atoms with E-state index in [4.69, 9.17) is 16.6 Å². The minimum Gasteiger partial charge on any atom is -0.369 e. The molecule has 0 spiro atoms. The fourth-order valence-electron chi connectivity index (χ4n) is 5.22. The second kappa shape index (κ2) is 7.53. The summed E-state index contributed by atoms with van der Waals surface area (Å²) in [6, 6.07) is 8.11. The molecule has 2 bridgehead atoms. The maximum Gasteiger partial charge on any atom is 0.254 e. The number of halogens is 1. The Labute approximate surface area is 170 Å². The highest BCUT2D eigenvalue weighted by Crippen LogP contribution is 2.50. The summed E-state index contributed by atoms with van der Waals surface area (Å²) >= 11 is 5.99. The summed E-state index contributed by atoms with van der Waals surface area (Å²) < 4.78 is 0. The van der Waals surface area contributed by atoms with E-state index in [1.54, 1.807) is 0 Å². The summed E-state index contributed by atoms with van der Waals surface area (Å²) in [5, 5.41) is 0.786. The summed E-state index contributed by atoms with van der Waals surface area (Å²) in [4.78, 5) is 25.3. The number of nitrogens with zero attached hydrogens (tertiary/aromatic N) is 3. The van der Waals surface area contributed by atoms with Crippen LogP contribution in [0.1, 0.15) is 54.6 Å². The van der Waals surface area contributed by atoms with E-state index in [0.29, 0.717) is 11.8 Å². The Morgan fingerprint density at radius 2 is 1.82 bits per heavy atom. The van der Waals surface area contributed by atoms with Crippen molar-refractivity contribution in [2.45, 2.75) is 43.9 Å². The lowest BCUT2D eigenvalue weighted by Gasteiger charge is -2.36. The van der Waals surface area contributed by atoms with Gasteiger partial charge in [0.1, 0.15) is 5.82 Å². The number of aryl methyl sites for hydroxylation is 1. The molecule has 0 radical (unpaired) electrons. The van der Waals surface area contributed by atoms with E-state index in [1.165, 1.54) is 18.5 Å². The number of nitrogens with one attached hydrogen (secondary N) is 1. The van der Waals surface area contributed by atoms with Gasteiger partial charge < -0.3 is 9.88 Å². The first kappa shape index (κ1) is 18.2. The molecule has 28 heavy (non-hydrogen) atoms.